The molecule has 0 spiro atoms. The number of carbonyl (C=O) groups is 3. The van der Waals surface area contributed by atoms with Gasteiger partial charge in [-0.15, -0.1) is 0 Å². The number of rotatable bonds is 5. The van der Waals surface area contributed by atoms with Crippen LogP contribution in [0, 0.1) is 13.8 Å². The SMILES string of the molecule is Cc1ccc(NC(=O)COc2cccc(/C=C3\SC(=O)NC3=O)c2)c(C)c1. The molecule has 0 aromatic heterocycles. The van der Waals surface area contributed by atoms with Crippen LogP contribution in [0.2, 0.25) is 0 Å². The summed E-state index contributed by atoms with van der Waals surface area (Å²) in [6, 6.07) is 12.8. The van der Waals surface area contributed by atoms with Crippen molar-refractivity contribution in [2.75, 3.05) is 11.9 Å². The first-order valence-electron chi connectivity index (χ1n) is 8.25. The van der Waals surface area contributed by atoms with Crippen LogP contribution in [0.4, 0.5) is 10.5 Å². The normalized spacial score (nSPS) is 15.0. The molecule has 1 heterocycles. The first-order chi connectivity index (χ1) is 12.9. The maximum Gasteiger partial charge on any atom is 0.290 e. The standard InChI is InChI=1S/C20H18N2O4S/c1-12-6-7-16(13(2)8-12)21-18(23)11-26-15-5-3-4-14(9-15)10-17-19(24)22-20(25)27-17/h3-10H,11H2,1-2H3,(H,21,23)(H,22,24,25)/b17-10-. The second-order valence-electron chi connectivity index (χ2n) is 6.08. The average Bonchev–Trinajstić information content (AvgIpc) is 2.93. The maximum absolute atomic E-state index is 12.1. The summed E-state index contributed by atoms with van der Waals surface area (Å²) >= 11 is 0.853. The Bertz CT molecular complexity index is 953. The summed E-state index contributed by atoms with van der Waals surface area (Å²) in [7, 11) is 0. The third-order valence-electron chi connectivity index (χ3n) is 3.82. The molecule has 2 aromatic carbocycles. The second kappa shape index (κ2) is 8.09. The van der Waals surface area contributed by atoms with Crippen LogP contribution < -0.4 is 15.4 Å². The van der Waals surface area contributed by atoms with E-state index in [0.29, 0.717) is 16.2 Å². The Morgan fingerprint density at radius 3 is 2.70 bits per heavy atom. The van der Waals surface area contributed by atoms with Crippen molar-refractivity contribution < 1.29 is 19.1 Å². The van der Waals surface area contributed by atoms with Gasteiger partial charge >= 0.3 is 0 Å². The first-order valence-corrected chi connectivity index (χ1v) is 9.07. The molecule has 27 heavy (non-hydrogen) atoms. The van der Waals surface area contributed by atoms with Crippen LogP contribution in [0.15, 0.2) is 47.4 Å². The molecule has 1 aliphatic heterocycles. The van der Waals surface area contributed by atoms with E-state index in [9.17, 15) is 14.4 Å². The molecule has 3 rings (SSSR count). The van der Waals surface area contributed by atoms with Crippen molar-refractivity contribution in [2.45, 2.75) is 13.8 Å². The molecule has 6 nitrogen and oxygen atoms in total. The van der Waals surface area contributed by atoms with Crippen LogP contribution in [0.3, 0.4) is 0 Å². The summed E-state index contributed by atoms with van der Waals surface area (Å²) in [5.74, 6) is -0.180. The Balaban J connectivity index is 1.61. The Morgan fingerprint density at radius 2 is 2.00 bits per heavy atom. The number of benzene rings is 2. The number of nitrogens with one attached hydrogen (secondary N) is 2. The van der Waals surface area contributed by atoms with Crippen LogP contribution in [0.25, 0.3) is 6.08 Å². The monoisotopic (exact) mass is 382 g/mol. The molecule has 0 aliphatic carbocycles. The highest BCUT2D eigenvalue weighted by molar-refractivity contribution is 8.18. The smallest absolute Gasteiger partial charge is 0.290 e. The molecule has 1 aliphatic rings. The highest BCUT2D eigenvalue weighted by Crippen LogP contribution is 2.26. The molecule has 2 aromatic rings. The van der Waals surface area contributed by atoms with E-state index in [2.05, 4.69) is 10.6 Å². The highest BCUT2D eigenvalue weighted by atomic mass is 32.2. The predicted molar refractivity (Wildman–Crippen MR) is 106 cm³/mol. The minimum atomic E-state index is -0.413. The third kappa shape index (κ3) is 4.98. The number of thioether (sulfide) groups is 1. The minimum absolute atomic E-state index is 0.138. The molecule has 0 bridgehead atoms. The van der Waals surface area contributed by atoms with Crippen molar-refractivity contribution in [3.63, 3.8) is 0 Å². The molecule has 0 radical (unpaired) electrons. The highest BCUT2D eigenvalue weighted by Gasteiger charge is 2.24. The number of hydrogen-bond donors (Lipinski definition) is 2. The molecule has 0 unspecified atom stereocenters. The van der Waals surface area contributed by atoms with Crippen molar-refractivity contribution in [3.8, 4) is 5.75 Å². The third-order valence-corrected chi connectivity index (χ3v) is 4.63. The fraction of sp³-hybridized carbons (Fsp3) is 0.150. The molecular weight excluding hydrogens is 364 g/mol. The van der Waals surface area contributed by atoms with Gasteiger partial charge in [0.1, 0.15) is 5.75 Å². The number of carbonyl (C=O) groups excluding carboxylic acids is 3. The Hall–Kier alpha value is -3.06. The van der Waals surface area contributed by atoms with E-state index < -0.39 is 5.91 Å². The zero-order valence-corrected chi connectivity index (χ0v) is 15.7. The van der Waals surface area contributed by atoms with E-state index in [4.69, 9.17) is 4.74 Å². The van der Waals surface area contributed by atoms with E-state index >= 15 is 0 Å². The van der Waals surface area contributed by atoms with Crippen molar-refractivity contribution >= 4 is 40.6 Å². The Labute approximate surface area is 161 Å². The van der Waals surface area contributed by atoms with Gasteiger partial charge in [-0.05, 0) is 61.0 Å². The van der Waals surface area contributed by atoms with Gasteiger partial charge in [-0.25, -0.2) is 0 Å². The second-order valence-corrected chi connectivity index (χ2v) is 7.09. The zero-order chi connectivity index (χ0) is 19.4. The largest absolute Gasteiger partial charge is 0.484 e. The Morgan fingerprint density at radius 1 is 1.19 bits per heavy atom. The summed E-state index contributed by atoms with van der Waals surface area (Å²) in [4.78, 5) is 35.3. The van der Waals surface area contributed by atoms with Crippen molar-refractivity contribution in [3.05, 3.63) is 64.1 Å². The number of aryl methyl sites for hydroxylation is 2. The van der Waals surface area contributed by atoms with Gasteiger partial charge in [-0.2, -0.15) is 0 Å². The zero-order valence-electron chi connectivity index (χ0n) is 14.9. The molecule has 2 N–H and O–H groups in total. The molecule has 0 saturated carbocycles. The number of hydrogen-bond acceptors (Lipinski definition) is 5. The van der Waals surface area contributed by atoms with Gasteiger partial charge in [0.05, 0.1) is 4.91 Å². The molecular formula is C20H18N2O4S. The van der Waals surface area contributed by atoms with E-state index in [0.717, 1.165) is 28.6 Å². The number of amides is 3. The van der Waals surface area contributed by atoms with Gasteiger partial charge in [0.2, 0.25) is 0 Å². The lowest BCUT2D eigenvalue weighted by atomic mass is 10.1. The summed E-state index contributed by atoms with van der Waals surface area (Å²) in [5.41, 5.74) is 3.57. The summed E-state index contributed by atoms with van der Waals surface area (Å²) < 4.78 is 5.54. The fourth-order valence-corrected chi connectivity index (χ4v) is 3.24. The van der Waals surface area contributed by atoms with Crippen LogP contribution in [-0.4, -0.2) is 23.7 Å². The maximum atomic E-state index is 12.1. The van der Waals surface area contributed by atoms with Crippen molar-refractivity contribution in [1.29, 1.82) is 0 Å². The summed E-state index contributed by atoms with van der Waals surface area (Å²) in [5, 5.41) is 4.64. The molecule has 0 atom stereocenters. The lowest BCUT2D eigenvalue weighted by molar-refractivity contribution is -0.118. The molecule has 1 fully saturated rings. The molecule has 7 heteroatoms. The minimum Gasteiger partial charge on any atom is -0.484 e. The van der Waals surface area contributed by atoms with Gasteiger partial charge in [-0.1, -0.05) is 29.8 Å². The van der Waals surface area contributed by atoms with Gasteiger partial charge < -0.3 is 10.1 Å². The molecule has 1 saturated heterocycles. The van der Waals surface area contributed by atoms with E-state index in [1.165, 1.54) is 0 Å². The number of anilines is 1. The van der Waals surface area contributed by atoms with Gasteiger partial charge in [0.15, 0.2) is 6.61 Å². The topological polar surface area (TPSA) is 84.5 Å². The van der Waals surface area contributed by atoms with Crippen LogP contribution in [0.5, 0.6) is 5.75 Å². The molecule has 138 valence electrons. The fourth-order valence-electron chi connectivity index (χ4n) is 2.56. The van der Waals surface area contributed by atoms with Crippen molar-refractivity contribution in [1.82, 2.24) is 5.32 Å². The summed E-state index contributed by atoms with van der Waals surface area (Å²) in [6.45, 7) is 3.79. The van der Waals surface area contributed by atoms with E-state index in [-0.39, 0.29) is 17.8 Å². The van der Waals surface area contributed by atoms with Crippen LogP contribution in [-0.2, 0) is 9.59 Å². The molecule has 3 amide bonds. The number of ether oxygens (including phenoxy) is 1. The Kier molecular flexibility index (Phi) is 5.61. The summed E-state index contributed by atoms with van der Waals surface area (Å²) in [6.07, 6.45) is 1.60. The van der Waals surface area contributed by atoms with Gasteiger partial charge in [0.25, 0.3) is 17.1 Å². The lowest BCUT2D eigenvalue weighted by Gasteiger charge is -2.10. The quantitative estimate of drug-likeness (QED) is 0.771. The van der Waals surface area contributed by atoms with E-state index in [1.807, 2.05) is 32.0 Å². The van der Waals surface area contributed by atoms with Crippen molar-refractivity contribution in [2.24, 2.45) is 0 Å². The lowest BCUT2D eigenvalue weighted by Crippen LogP contribution is -2.20. The van der Waals surface area contributed by atoms with Gasteiger partial charge in [-0.3, -0.25) is 19.7 Å². The average molecular weight is 382 g/mol. The van der Waals surface area contributed by atoms with E-state index in [1.54, 1.807) is 30.3 Å². The van der Waals surface area contributed by atoms with Crippen LogP contribution in [0.1, 0.15) is 16.7 Å². The predicted octanol–water partition coefficient (Wildman–Crippen LogP) is 3.64. The van der Waals surface area contributed by atoms with Gasteiger partial charge in [0, 0.05) is 5.69 Å². The van der Waals surface area contributed by atoms with Crippen LogP contribution >= 0.6 is 11.8 Å². The number of imide groups is 1. The first kappa shape index (κ1) is 18.7.